The van der Waals surface area contributed by atoms with E-state index in [0.29, 0.717) is 11.4 Å². The van der Waals surface area contributed by atoms with Gasteiger partial charge in [0.2, 0.25) is 0 Å². The Balaban J connectivity index is -0.000000819. The van der Waals surface area contributed by atoms with Gasteiger partial charge in [0.15, 0.2) is 0 Å². The normalized spacial score (nSPS) is 13.4. The second kappa shape index (κ2) is 19.0. The summed E-state index contributed by atoms with van der Waals surface area (Å²) in [6.07, 6.45) is 1.11. The molecule has 1 aromatic rings. The number of phosphoric acid groups is 1. The maximum Gasteiger partial charge on any atom is 1.00 e. The molecule has 0 saturated carbocycles. The molecule has 0 unspecified atom stereocenters. The van der Waals surface area contributed by atoms with Crippen LogP contribution in [0.1, 0.15) is 12.5 Å². The Morgan fingerprint density at radius 3 is 2.13 bits per heavy atom. The molecule has 2 rings (SSSR count). The molecule has 1 saturated heterocycles. The molecule has 0 aromatic carbocycles. The van der Waals surface area contributed by atoms with Gasteiger partial charge in [0, 0.05) is 31.7 Å². The Kier molecular flexibility index (Phi) is 23.7. The summed E-state index contributed by atoms with van der Waals surface area (Å²) in [6.45, 7) is 5.38. The molecule has 2 heterocycles. The second-order valence-electron chi connectivity index (χ2n) is 5.65. The van der Waals surface area contributed by atoms with Crippen molar-refractivity contribution in [3.05, 3.63) is 27.9 Å². The first kappa shape index (κ1) is 37.3. The van der Waals surface area contributed by atoms with Crippen molar-refractivity contribution in [3.8, 4) is 0 Å². The number of hydrogen-bond acceptors (Lipinski definition) is 11. The number of piperazine rings is 1. The van der Waals surface area contributed by atoms with Crippen molar-refractivity contribution < 1.29 is 188 Å². The third kappa shape index (κ3) is 16.4. The minimum absolute atomic E-state index is 0. The smallest absolute Gasteiger partial charge is 0.822 e. The maximum absolute atomic E-state index is 11.6. The van der Waals surface area contributed by atoms with Gasteiger partial charge in [-0.2, -0.15) is 7.82 Å². The summed E-state index contributed by atoms with van der Waals surface area (Å²) in [4.78, 5) is 56.3. The van der Waals surface area contributed by atoms with Crippen LogP contribution >= 0.6 is 7.82 Å². The fraction of sp³-hybridized carbons (Fsp3) is 0.571. The summed E-state index contributed by atoms with van der Waals surface area (Å²) in [5.41, 5.74) is 0.193. The van der Waals surface area contributed by atoms with Gasteiger partial charge in [-0.3, -0.25) is 14.9 Å². The molecule has 1 aliphatic heterocycles. The number of ether oxygens (including phenoxy) is 1. The molecular formula is C14H20K3N4O8P. The molecule has 16 heteroatoms. The van der Waals surface area contributed by atoms with E-state index in [4.69, 9.17) is 24.0 Å². The third-order valence-electron chi connectivity index (χ3n) is 3.62. The number of likely N-dealkylation sites (N-methyl/N-ethyl adjacent to an activating group) is 1. The van der Waals surface area contributed by atoms with E-state index in [0.717, 1.165) is 26.2 Å². The average Bonchev–Trinajstić information content (AvgIpc) is 2.54. The molecule has 0 aliphatic carbocycles. The summed E-state index contributed by atoms with van der Waals surface area (Å²) in [6, 6.07) is 1.63. The van der Waals surface area contributed by atoms with Crippen LogP contribution in [0.5, 0.6) is 0 Å². The van der Waals surface area contributed by atoms with E-state index in [1.54, 1.807) is 13.0 Å². The molecule has 0 N–H and O–H groups in total. The molecule has 1 aromatic heterocycles. The van der Waals surface area contributed by atoms with E-state index in [1.807, 2.05) is 7.05 Å². The number of hydrogen-bond donors (Lipinski definition) is 0. The van der Waals surface area contributed by atoms with Crippen molar-refractivity contribution in [1.82, 2.24) is 9.88 Å². The molecule has 0 bridgehead atoms. The SMILES string of the molecule is CCOC(=O)Cc1cc(N2CCN(C)CC2)ncc1[N+](=O)[O-].O=P([O-])([O-])[O-].[K+].[K+].[K+]. The van der Waals surface area contributed by atoms with Crippen molar-refractivity contribution in [2.45, 2.75) is 13.3 Å². The van der Waals surface area contributed by atoms with Crippen LogP contribution < -0.4 is 174 Å². The number of carbonyl (C=O) groups is 1. The Morgan fingerprint density at radius 2 is 1.70 bits per heavy atom. The van der Waals surface area contributed by atoms with Gasteiger partial charge in [-0.15, -0.1) is 0 Å². The first-order valence-electron chi connectivity index (χ1n) is 7.96. The number of rotatable bonds is 5. The van der Waals surface area contributed by atoms with E-state index < -0.39 is 18.7 Å². The van der Waals surface area contributed by atoms with Gasteiger partial charge in [0.1, 0.15) is 12.0 Å². The summed E-state index contributed by atoms with van der Waals surface area (Å²) in [5, 5.41) is 11.1. The van der Waals surface area contributed by atoms with Crippen LogP contribution in [0.2, 0.25) is 0 Å². The van der Waals surface area contributed by atoms with Gasteiger partial charge in [-0.25, -0.2) is 4.98 Å². The molecule has 30 heavy (non-hydrogen) atoms. The maximum atomic E-state index is 11.6. The average molecular weight is 521 g/mol. The van der Waals surface area contributed by atoms with Crippen LogP contribution in [0.25, 0.3) is 0 Å². The second-order valence-corrected chi connectivity index (χ2v) is 6.54. The number of esters is 1. The molecular weight excluding hydrogens is 500 g/mol. The van der Waals surface area contributed by atoms with Crippen LogP contribution in [-0.4, -0.2) is 60.6 Å². The first-order valence-corrected chi connectivity index (χ1v) is 9.42. The van der Waals surface area contributed by atoms with Gasteiger partial charge in [-0.05, 0) is 20.0 Å². The molecule has 1 aliphatic rings. The Bertz CT molecular complexity index is 708. The zero-order chi connectivity index (χ0) is 20.6. The summed E-state index contributed by atoms with van der Waals surface area (Å²) in [5.74, 6) is 0.194. The number of nitro groups is 1. The largest absolute Gasteiger partial charge is 1.00 e. The third-order valence-corrected chi connectivity index (χ3v) is 3.62. The van der Waals surface area contributed by atoms with Crippen molar-refractivity contribution in [2.75, 3.05) is 44.7 Å². The predicted octanol–water partition coefficient (Wildman–Crippen LogP) is -11.0. The van der Waals surface area contributed by atoms with Crippen LogP contribution in [-0.2, 0) is 20.5 Å². The summed E-state index contributed by atoms with van der Waals surface area (Å²) < 4.78 is 13.4. The molecule has 12 nitrogen and oxygen atoms in total. The monoisotopic (exact) mass is 520 g/mol. The van der Waals surface area contributed by atoms with Gasteiger partial charge in [0.25, 0.3) is 5.69 Å². The summed E-state index contributed by atoms with van der Waals surface area (Å²) in [7, 11) is -3.34. The Hall–Kier alpha value is 2.80. The first-order chi connectivity index (χ1) is 12.5. The summed E-state index contributed by atoms with van der Waals surface area (Å²) >= 11 is 0. The van der Waals surface area contributed by atoms with Gasteiger partial charge >= 0.3 is 160 Å². The fourth-order valence-corrected chi connectivity index (χ4v) is 2.36. The van der Waals surface area contributed by atoms with Crippen molar-refractivity contribution >= 4 is 25.3 Å². The van der Waals surface area contributed by atoms with Crippen LogP contribution in [0.3, 0.4) is 0 Å². The molecule has 0 amide bonds. The number of carbonyl (C=O) groups excluding carboxylic acids is 1. The van der Waals surface area contributed by atoms with E-state index in [2.05, 4.69) is 14.8 Å². The predicted molar refractivity (Wildman–Crippen MR) is 88.5 cm³/mol. The molecule has 1 fully saturated rings. The van der Waals surface area contributed by atoms with E-state index >= 15 is 0 Å². The number of aromatic nitrogens is 1. The standard InChI is InChI=1S/C14H20N4O4.3K.H3O4P/c1-3-22-14(19)9-11-8-13(15-10-12(11)18(20)21)17-6-4-16(2)5-7-17;;;;1-5(2,3)4/h8,10H,3-7,9H2,1-2H3;;;;(H3,1,2,3,4)/q;3*+1;/p-3. The Morgan fingerprint density at radius 1 is 1.20 bits per heavy atom. The molecule has 0 atom stereocenters. The van der Waals surface area contributed by atoms with Crippen molar-refractivity contribution in [1.29, 1.82) is 0 Å². The fourth-order valence-electron chi connectivity index (χ4n) is 2.36. The minimum Gasteiger partial charge on any atom is -0.822 e. The minimum atomic E-state index is -5.39. The van der Waals surface area contributed by atoms with E-state index in [9.17, 15) is 14.9 Å². The van der Waals surface area contributed by atoms with E-state index in [1.165, 1.54) is 6.20 Å². The molecule has 0 spiro atoms. The number of pyridine rings is 1. The van der Waals surface area contributed by atoms with Gasteiger partial charge in [-0.1, -0.05) is 0 Å². The van der Waals surface area contributed by atoms with Gasteiger partial charge < -0.3 is 33.8 Å². The quantitative estimate of drug-likeness (QED) is 0.118. The van der Waals surface area contributed by atoms with Gasteiger partial charge in [0.05, 0.1) is 18.0 Å². The zero-order valence-electron chi connectivity index (χ0n) is 17.9. The Labute approximate surface area is 302 Å². The molecule has 0 radical (unpaired) electrons. The molecule has 152 valence electrons. The van der Waals surface area contributed by atoms with E-state index in [-0.39, 0.29) is 173 Å². The number of nitrogens with zero attached hydrogens (tertiary/aromatic N) is 4. The van der Waals surface area contributed by atoms with Crippen molar-refractivity contribution in [2.24, 2.45) is 0 Å². The van der Waals surface area contributed by atoms with Crippen LogP contribution in [0.4, 0.5) is 11.5 Å². The van der Waals surface area contributed by atoms with Crippen molar-refractivity contribution in [3.63, 3.8) is 0 Å². The topological polar surface area (TPSA) is 175 Å². The number of anilines is 1. The van der Waals surface area contributed by atoms with Crippen LogP contribution in [0.15, 0.2) is 12.3 Å². The van der Waals surface area contributed by atoms with Crippen LogP contribution in [0, 0.1) is 10.1 Å². The zero-order valence-corrected chi connectivity index (χ0v) is 28.2.